The van der Waals surface area contributed by atoms with Gasteiger partial charge in [0.15, 0.2) is 5.78 Å². The molecule has 19 heavy (non-hydrogen) atoms. The summed E-state index contributed by atoms with van der Waals surface area (Å²) in [5.74, 6) is 0.547. The third-order valence-corrected chi connectivity index (χ3v) is 3.83. The molecule has 0 bridgehead atoms. The smallest absolute Gasteiger partial charge is 0.165 e. The highest BCUT2D eigenvalue weighted by molar-refractivity contribution is 5.97. The van der Waals surface area contributed by atoms with Crippen LogP contribution in [0.25, 0.3) is 0 Å². The van der Waals surface area contributed by atoms with E-state index < -0.39 is 0 Å². The highest BCUT2D eigenvalue weighted by Crippen LogP contribution is 2.19. The van der Waals surface area contributed by atoms with Crippen LogP contribution < -0.4 is 0 Å². The lowest BCUT2D eigenvalue weighted by Crippen LogP contribution is -2.13. The van der Waals surface area contributed by atoms with Crippen molar-refractivity contribution in [2.24, 2.45) is 5.92 Å². The minimum Gasteiger partial charge on any atom is -0.294 e. The summed E-state index contributed by atoms with van der Waals surface area (Å²) < 4.78 is 0. The maximum absolute atomic E-state index is 12.3. The molecule has 0 saturated heterocycles. The second kappa shape index (κ2) is 9.77. The molecule has 0 N–H and O–H groups in total. The Bertz CT molecular complexity index is 342. The summed E-state index contributed by atoms with van der Waals surface area (Å²) in [5, 5.41) is 0. The van der Waals surface area contributed by atoms with E-state index in [4.69, 9.17) is 0 Å². The average Bonchev–Trinajstić information content (AvgIpc) is 2.47. The van der Waals surface area contributed by atoms with Crippen molar-refractivity contribution >= 4 is 5.78 Å². The number of carbonyl (C=O) groups is 1. The molecule has 0 aliphatic carbocycles. The molecule has 0 saturated carbocycles. The van der Waals surface area contributed by atoms with Gasteiger partial charge in [0.2, 0.25) is 0 Å². The van der Waals surface area contributed by atoms with Crippen LogP contribution in [0.5, 0.6) is 0 Å². The third-order valence-electron chi connectivity index (χ3n) is 3.83. The van der Waals surface area contributed by atoms with E-state index in [1.807, 2.05) is 30.3 Å². The molecule has 1 rings (SSSR count). The quantitative estimate of drug-likeness (QED) is 0.392. The molecule has 0 aromatic heterocycles. The van der Waals surface area contributed by atoms with Crippen molar-refractivity contribution in [2.45, 2.75) is 65.2 Å². The van der Waals surface area contributed by atoms with Gasteiger partial charge in [-0.3, -0.25) is 4.79 Å². The van der Waals surface area contributed by atoms with Crippen molar-refractivity contribution in [3.63, 3.8) is 0 Å². The van der Waals surface area contributed by atoms with E-state index in [1.54, 1.807) is 0 Å². The lowest BCUT2D eigenvalue weighted by Gasteiger charge is -2.13. The Morgan fingerprint density at radius 3 is 2.21 bits per heavy atom. The fourth-order valence-corrected chi connectivity index (χ4v) is 2.53. The lowest BCUT2D eigenvalue weighted by atomic mass is 9.90. The SMILES string of the molecule is CCCCCCCCC(CC)C(=O)c1ccccc1. The number of carbonyl (C=O) groups excluding carboxylic acids is 1. The molecule has 1 aromatic rings. The van der Waals surface area contributed by atoms with Crippen LogP contribution in [0.4, 0.5) is 0 Å². The van der Waals surface area contributed by atoms with Crippen LogP contribution >= 0.6 is 0 Å². The van der Waals surface area contributed by atoms with Crippen LogP contribution in [-0.4, -0.2) is 5.78 Å². The average molecular weight is 260 g/mol. The van der Waals surface area contributed by atoms with Crippen molar-refractivity contribution in [3.8, 4) is 0 Å². The molecule has 1 aromatic carbocycles. The van der Waals surface area contributed by atoms with Crippen LogP contribution in [0.2, 0.25) is 0 Å². The molecular weight excluding hydrogens is 232 g/mol. The Morgan fingerprint density at radius 1 is 0.947 bits per heavy atom. The van der Waals surface area contributed by atoms with Gasteiger partial charge in [-0.1, -0.05) is 82.7 Å². The molecule has 0 heterocycles. The van der Waals surface area contributed by atoms with Gasteiger partial charge >= 0.3 is 0 Å². The zero-order chi connectivity index (χ0) is 13.9. The summed E-state index contributed by atoms with van der Waals surface area (Å²) in [6.07, 6.45) is 9.80. The Hall–Kier alpha value is -1.11. The molecule has 106 valence electrons. The molecule has 0 amide bonds. The number of unbranched alkanes of at least 4 members (excludes halogenated alkanes) is 5. The fourth-order valence-electron chi connectivity index (χ4n) is 2.53. The van der Waals surface area contributed by atoms with Gasteiger partial charge < -0.3 is 0 Å². The van der Waals surface area contributed by atoms with E-state index >= 15 is 0 Å². The van der Waals surface area contributed by atoms with Gasteiger partial charge in [-0.25, -0.2) is 0 Å². The zero-order valence-corrected chi connectivity index (χ0v) is 12.5. The molecule has 0 fully saturated rings. The monoisotopic (exact) mass is 260 g/mol. The number of rotatable bonds is 10. The number of ketones is 1. The number of hydrogen-bond donors (Lipinski definition) is 0. The van der Waals surface area contributed by atoms with Gasteiger partial charge in [0.05, 0.1) is 0 Å². The number of hydrogen-bond acceptors (Lipinski definition) is 1. The third kappa shape index (κ3) is 6.04. The zero-order valence-electron chi connectivity index (χ0n) is 12.5. The minimum absolute atomic E-state index is 0.216. The summed E-state index contributed by atoms with van der Waals surface area (Å²) >= 11 is 0. The minimum atomic E-state index is 0.216. The molecule has 0 spiro atoms. The highest BCUT2D eigenvalue weighted by atomic mass is 16.1. The predicted octanol–water partition coefficient (Wildman–Crippen LogP) is 5.65. The van der Waals surface area contributed by atoms with Gasteiger partial charge in [-0.2, -0.15) is 0 Å². The Morgan fingerprint density at radius 2 is 1.58 bits per heavy atom. The van der Waals surface area contributed by atoms with Crippen molar-refractivity contribution < 1.29 is 4.79 Å². The number of Topliss-reactive ketones (excluding diaryl/α,β-unsaturated/α-hetero) is 1. The first-order chi connectivity index (χ1) is 9.29. The standard InChI is InChI=1S/C18H28O/c1-3-5-6-7-8-10-13-16(4-2)18(19)17-14-11-9-12-15-17/h9,11-12,14-16H,3-8,10,13H2,1-2H3. The molecule has 0 radical (unpaired) electrons. The van der Waals surface area contributed by atoms with E-state index in [9.17, 15) is 4.79 Å². The van der Waals surface area contributed by atoms with Gasteiger partial charge in [0.25, 0.3) is 0 Å². The summed E-state index contributed by atoms with van der Waals surface area (Å²) in [7, 11) is 0. The largest absolute Gasteiger partial charge is 0.294 e. The molecular formula is C18H28O. The van der Waals surface area contributed by atoms with Gasteiger partial charge in [-0.05, 0) is 12.8 Å². The van der Waals surface area contributed by atoms with Crippen LogP contribution in [-0.2, 0) is 0 Å². The lowest BCUT2D eigenvalue weighted by molar-refractivity contribution is 0.0907. The highest BCUT2D eigenvalue weighted by Gasteiger charge is 2.17. The van der Waals surface area contributed by atoms with Crippen molar-refractivity contribution in [1.29, 1.82) is 0 Å². The van der Waals surface area contributed by atoms with Gasteiger partial charge in [-0.15, -0.1) is 0 Å². The van der Waals surface area contributed by atoms with Gasteiger partial charge in [0, 0.05) is 11.5 Å². The number of benzene rings is 1. The molecule has 0 aliphatic heterocycles. The fraction of sp³-hybridized carbons (Fsp3) is 0.611. The van der Waals surface area contributed by atoms with Crippen molar-refractivity contribution in [3.05, 3.63) is 35.9 Å². The van der Waals surface area contributed by atoms with Crippen LogP contribution in [0.3, 0.4) is 0 Å². The molecule has 1 heteroatoms. The first-order valence-electron chi connectivity index (χ1n) is 7.88. The van der Waals surface area contributed by atoms with Crippen LogP contribution in [0.1, 0.15) is 75.6 Å². The predicted molar refractivity (Wildman–Crippen MR) is 82.5 cm³/mol. The van der Waals surface area contributed by atoms with E-state index in [0.717, 1.165) is 18.4 Å². The maximum Gasteiger partial charge on any atom is 0.165 e. The van der Waals surface area contributed by atoms with Crippen molar-refractivity contribution in [1.82, 2.24) is 0 Å². The normalized spacial score (nSPS) is 12.3. The second-order valence-corrected chi connectivity index (χ2v) is 5.39. The molecule has 1 atom stereocenters. The molecule has 1 nitrogen and oxygen atoms in total. The van der Waals surface area contributed by atoms with Crippen LogP contribution in [0.15, 0.2) is 30.3 Å². The van der Waals surface area contributed by atoms with Gasteiger partial charge in [0.1, 0.15) is 0 Å². The topological polar surface area (TPSA) is 17.1 Å². The van der Waals surface area contributed by atoms with E-state index in [0.29, 0.717) is 5.78 Å². The Labute approximate surface area is 118 Å². The summed E-state index contributed by atoms with van der Waals surface area (Å²) in [4.78, 5) is 12.3. The maximum atomic E-state index is 12.3. The molecule has 0 aliphatic rings. The summed E-state index contributed by atoms with van der Waals surface area (Å²) in [6, 6.07) is 9.74. The Kier molecular flexibility index (Phi) is 8.20. The van der Waals surface area contributed by atoms with Crippen LogP contribution in [0, 0.1) is 5.92 Å². The van der Waals surface area contributed by atoms with E-state index in [2.05, 4.69) is 13.8 Å². The first-order valence-corrected chi connectivity index (χ1v) is 7.88. The Balaban J connectivity index is 2.31. The summed E-state index contributed by atoms with van der Waals surface area (Å²) in [5.41, 5.74) is 0.875. The molecule has 1 unspecified atom stereocenters. The van der Waals surface area contributed by atoms with Crippen molar-refractivity contribution in [2.75, 3.05) is 0 Å². The second-order valence-electron chi connectivity index (χ2n) is 5.39. The summed E-state index contributed by atoms with van der Waals surface area (Å²) in [6.45, 7) is 4.37. The first kappa shape index (κ1) is 15.9. The van der Waals surface area contributed by atoms with E-state index in [1.165, 1.54) is 38.5 Å². The van der Waals surface area contributed by atoms with E-state index in [-0.39, 0.29) is 5.92 Å².